The molecule has 17 heavy (non-hydrogen) atoms. The van der Waals surface area contributed by atoms with Gasteiger partial charge >= 0.3 is 0 Å². The molecular weight excluding hydrogens is 278 g/mol. The third kappa shape index (κ3) is 3.49. The molecule has 0 aliphatic heterocycles. The minimum absolute atomic E-state index is 0.630. The fraction of sp³-hybridized carbons (Fsp3) is 0.143. The molecule has 0 saturated carbocycles. The predicted molar refractivity (Wildman–Crippen MR) is 74.2 cm³/mol. The zero-order valence-corrected chi connectivity index (χ0v) is 11.0. The Labute approximate surface area is 110 Å². The molecular formula is C14H14BrNO. The average Bonchev–Trinajstić information content (AvgIpc) is 2.32. The summed E-state index contributed by atoms with van der Waals surface area (Å²) in [6.07, 6.45) is 0.819. The van der Waals surface area contributed by atoms with Crippen LogP contribution in [0.2, 0.25) is 0 Å². The molecule has 2 rings (SSSR count). The number of benzene rings is 2. The molecule has 2 N–H and O–H groups in total. The SMILES string of the molecule is Nc1ccccc1CCOc1cccc(Br)c1. The van der Waals surface area contributed by atoms with E-state index < -0.39 is 0 Å². The summed E-state index contributed by atoms with van der Waals surface area (Å²) in [5.41, 5.74) is 7.81. The largest absolute Gasteiger partial charge is 0.493 e. The second-order valence-corrected chi connectivity index (χ2v) is 4.67. The van der Waals surface area contributed by atoms with Gasteiger partial charge in [-0.05, 0) is 29.8 Å². The third-order valence-corrected chi connectivity index (χ3v) is 2.98. The molecule has 88 valence electrons. The molecule has 0 spiro atoms. The standard InChI is InChI=1S/C14H14BrNO/c15-12-5-3-6-13(10-12)17-9-8-11-4-1-2-7-14(11)16/h1-7,10H,8-9,16H2. The number of nitrogen functional groups attached to an aromatic ring is 1. The van der Waals surface area contributed by atoms with Crippen LogP contribution in [0.3, 0.4) is 0 Å². The molecule has 3 heteroatoms. The van der Waals surface area contributed by atoms with Crippen molar-refractivity contribution in [1.82, 2.24) is 0 Å². The van der Waals surface area contributed by atoms with E-state index in [1.807, 2.05) is 48.5 Å². The van der Waals surface area contributed by atoms with Gasteiger partial charge in [-0.15, -0.1) is 0 Å². The van der Waals surface area contributed by atoms with E-state index >= 15 is 0 Å². The highest BCUT2D eigenvalue weighted by Crippen LogP contribution is 2.18. The van der Waals surface area contributed by atoms with Crippen LogP contribution < -0.4 is 10.5 Å². The van der Waals surface area contributed by atoms with Gasteiger partial charge in [0, 0.05) is 16.6 Å². The topological polar surface area (TPSA) is 35.2 Å². The van der Waals surface area contributed by atoms with Crippen molar-refractivity contribution in [3.05, 3.63) is 58.6 Å². The molecule has 0 fully saturated rings. The van der Waals surface area contributed by atoms with Crippen molar-refractivity contribution < 1.29 is 4.74 Å². The van der Waals surface area contributed by atoms with Crippen molar-refractivity contribution in [3.63, 3.8) is 0 Å². The second kappa shape index (κ2) is 5.73. The lowest BCUT2D eigenvalue weighted by Gasteiger charge is -2.08. The maximum atomic E-state index is 5.86. The summed E-state index contributed by atoms with van der Waals surface area (Å²) in [5, 5.41) is 0. The van der Waals surface area contributed by atoms with Gasteiger partial charge in [0.25, 0.3) is 0 Å². The van der Waals surface area contributed by atoms with Crippen molar-refractivity contribution >= 4 is 21.6 Å². The lowest BCUT2D eigenvalue weighted by Crippen LogP contribution is -2.03. The Morgan fingerprint density at radius 3 is 2.65 bits per heavy atom. The Balaban J connectivity index is 1.90. The number of hydrogen-bond acceptors (Lipinski definition) is 2. The molecule has 0 aliphatic carbocycles. The number of halogens is 1. The molecule has 0 unspecified atom stereocenters. The normalized spacial score (nSPS) is 10.2. The first-order chi connectivity index (χ1) is 8.25. The Morgan fingerprint density at radius 2 is 1.88 bits per heavy atom. The van der Waals surface area contributed by atoms with Gasteiger partial charge in [-0.1, -0.05) is 40.2 Å². The second-order valence-electron chi connectivity index (χ2n) is 3.75. The predicted octanol–water partition coefficient (Wildman–Crippen LogP) is 3.65. The molecule has 2 aromatic carbocycles. The van der Waals surface area contributed by atoms with Crippen molar-refractivity contribution in [2.24, 2.45) is 0 Å². The maximum absolute atomic E-state index is 5.86. The van der Waals surface area contributed by atoms with Crippen molar-refractivity contribution in [2.75, 3.05) is 12.3 Å². The van der Waals surface area contributed by atoms with Gasteiger partial charge in [-0.3, -0.25) is 0 Å². The van der Waals surface area contributed by atoms with Crippen LogP contribution >= 0.6 is 15.9 Å². The van der Waals surface area contributed by atoms with Gasteiger partial charge < -0.3 is 10.5 Å². The number of anilines is 1. The molecule has 2 nitrogen and oxygen atoms in total. The van der Waals surface area contributed by atoms with Crippen molar-refractivity contribution in [2.45, 2.75) is 6.42 Å². The Hall–Kier alpha value is -1.48. The van der Waals surface area contributed by atoms with Crippen molar-refractivity contribution in [1.29, 1.82) is 0 Å². The van der Waals surface area contributed by atoms with Crippen LogP contribution in [0.25, 0.3) is 0 Å². The monoisotopic (exact) mass is 291 g/mol. The van der Waals surface area contributed by atoms with Gasteiger partial charge in [0.2, 0.25) is 0 Å². The smallest absolute Gasteiger partial charge is 0.120 e. The summed E-state index contributed by atoms with van der Waals surface area (Å²) in [6, 6.07) is 15.7. The minimum Gasteiger partial charge on any atom is -0.493 e. The maximum Gasteiger partial charge on any atom is 0.120 e. The number of ether oxygens (including phenoxy) is 1. The van der Waals surface area contributed by atoms with E-state index in [4.69, 9.17) is 10.5 Å². The molecule has 0 amide bonds. The molecule has 0 saturated heterocycles. The summed E-state index contributed by atoms with van der Waals surface area (Å²) in [6.45, 7) is 0.630. The highest BCUT2D eigenvalue weighted by molar-refractivity contribution is 9.10. The first-order valence-corrected chi connectivity index (χ1v) is 6.27. The lowest BCUT2D eigenvalue weighted by molar-refractivity contribution is 0.322. The van der Waals surface area contributed by atoms with E-state index in [9.17, 15) is 0 Å². The molecule has 0 aliphatic rings. The first-order valence-electron chi connectivity index (χ1n) is 5.47. The molecule has 0 radical (unpaired) electrons. The van der Waals surface area contributed by atoms with Gasteiger partial charge in [-0.2, -0.15) is 0 Å². The summed E-state index contributed by atoms with van der Waals surface area (Å²) < 4.78 is 6.68. The highest BCUT2D eigenvalue weighted by Gasteiger charge is 1.99. The van der Waals surface area contributed by atoms with Crippen LogP contribution in [0, 0.1) is 0 Å². The summed E-state index contributed by atoms with van der Waals surface area (Å²) >= 11 is 3.41. The number of nitrogens with two attached hydrogens (primary N) is 1. The van der Waals surface area contributed by atoms with E-state index in [1.54, 1.807) is 0 Å². The van der Waals surface area contributed by atoms with Crippen molar-refractivity contribution in [3.8, 4) is 5.75 Å². The Bertz CT molecular complexity index is 499. The highest BCUT2D eigenvalue weighted by atomic mass is 79.9. The summed E-state index contributed by atoms with van der Waals surface area (Å²) in [7, 11) is 0. The molecule has 0 heterocycles. The fourth-order valence-electron chi connectivity index (χ4n) is 1.60. The molecule has 0 aromatic heterocycles. The van der Waals surface area contributed by atoms with E-state index in [-0.39, 0.29) is 0 Å². The van der Waals surface area contributed by atoms with Crippen LogP contribution in [0.4, 0.5) is 5.69 Å². The van der Waals surface area contributed by atoms with E-state index in [0.29, 0.717) is 6.61 Å². The fourth-order valence-corrected chi connectivity index (χ4v) is 1.98. The van der Waals surface area contributed by atoms with E-state index in [1.165, 1.54) is 0 Å². The Kier molecular flexibility index (Phi) is 4.04. The average molecular weight is 292 g/mol. The Morgan fingerprint density at radius 1 is 1.06 bits per heavy atom. The van der Waals surface area contributed by atoms with Crippen LogP contribution in [0.1, 0.15) is 5.56 Å². The molecule has 0 bridgehead atoms. The zero-order valence-electron chi connectivity index (χ0n) is 9.40. The molecule has 0 atom stereocenters. The van der Waals surface area contributed by atoms with Gasteiger partial charge in [-0.25, -0.2) is 0 Å². The first kappa shape index (κ1) is 12.0. The molecule has 2 aromatic rings. The zero-order chi connectivity index (χ0) is 12.1. The quantitative estimate of drug-likeness (QED) is 0.873. The van der Waals surface area contributed by atoms with Crippen LogP contribution in [-0.2, 0) is 6.42 Å². The van der Waals surface area contributed by atoms with Gasteiger partial charge in [0.1, 0.15) is 5.75 Å². The number of para-hydroxylation sites is 1. The van der Waals surface area contributed by atoms with E-state index in [0.717, 1.165) is 27.9 Å². The van der Waals surface area contributed by atoms with Crippen LogP contribution in [0.5, 0.6) is 5.75 Å². The van der Waals surface area contributed by atoms with Crippen LogP contribution in [-0.4, -0.2) is 6.61 Å². The lowest BCUT2D eigenvalue weighted by atomic mass is 10.1. The summed E-state index contributed by atoms with van der Waals surface area (Å²) in [4.78, 5) is 0. The third-order valence-electron chi connectivity index (χ3n) is 2.49. The van der Waals surface area contributed by atoms with E-state index in [2.05, 4.69) is 15.9 Å². The van der Waals surface area contributed by atoms with Gasteiger partial charge in [0.15, 0.2) is 0 Å². The number of rotatable bonds is 4. The van der Waals surface area contributed by atoms with Crippen LogP contribution in [0.15, 0.2) is 53.0 Å². The summed E-state index contributed by atoms with van der Waals surface area (Å²) in [5.74, 6) is 0.869. The van der Waals surface area contributed by atoms with Gasteiger partial charge in [0.05, 0.1) is 6.61 Å². The number of hydrogen-bond donors (Lipinski definition) is 1. The minimum atomic E-state index is 0.630.